The number of ether oxygens (including phenoxy) is 2. The molecule has 0 bridgehead atoms. The van der Waals surface area contributed by atoms with E-state index in [1.807, 2.05) is 61.5 Å². The highest BCUT2D eigenvalue weighted by atomic mass is 16.5. The molecule has 0 aromatic heterocycles. The van der Waals surface area contributed by atoms with Crippen LogP contribution in [0.1, 0.15) is 30.9 Å². The summed E-state index contributed by atoms with van der Waals surface area (Å²) in [4.78, 5) is 27.3. The standard InChI is InChI=1S/C26H34N2O6/c1-2-34-22-13-11-19(12-14-22)9-6-10-23(24(29)25(30)27-32)26(31)28-15-16-33-18-21(28)17-20-7-4-3-5-8-20/h3-5,7-8,11-14,21,23-24,29,32H,2,6,9-10,15-18H2,1H3,(H,27,30)/t21-,23+,24-/m0/s1. The number of morpholine rings is 1. The summed E-state index contributed by atoms with van der Waals surface area (Å²) in [5.74, 6) is -1.45. The molecule has 3 N–H and O–H groups in total. The van der Waals surface area contributed by atoms with Crippen LogP contribution in [0.15, 0.2) is 54.6 Å². The molecule has 1 heterocycles. The largest absolute Gasteiger partial charge is 0.494 e. The van der Waals surface area contributed by atoms with E-state index in [4.69, 9.17) is 14.7 Å². The molecule has 3 rings (SSSR count). The van der Waals surface area contributed by atoms with Gasteiger partial charge in [0.2, 0.25) is 5.91 Å². The number of nitrogens with zero attached hydrogens (tertiary/aromatic N) is 1. The first-order valence-electron chi connectivity index (χ1n) is 11.8. The van der Waals surface area contributed by atoms with Crippen LogP contribution in [0.3, 0.4) is 0 Å². The maximum Gasteiger partial charge on any atom is 0.272 e. The maximum atomic E-state index is 13.6. The average Bonchev–Trinajstić information content (AvgIpc) is 2.87. The van der Waals surface area contributed by atoms with E-state index < -0.39 is 17.9 Å². The smallest absolute Gasteiger partial charge is 0.272 e. The third kappa shape index (κ3) is 7.03. The van der Waals surface area contributed by atoms with Crippen molar-refractivity contribution in [3.8, 4) is 5.75 Å². The fourth-order valence-corrected chi connectivity index (χ4v) is 4.32. The minimum atomic E-state index is -1.64. The summed E-state index contributed by atoms with van der Waals surface area (Å²) in [6.45, 7) is 3.71. The van der Waals surface area contributed by atoms with Gasteiger partial charge in [-0.05, 0) is 55.9 Å². The molecular formula is C26H34N2O6. The Kier molecular flexibility index (Phi) is 9.88. The van der Waals surface area contributed by atoms with Crippen molar-refractivity contribution < 1.29 is 29.4 Å². The Hall–Kier alpha value is -2.94. The van der Waals surface area contributed by atoms with Crippen molar-refractivity contribution in [1.29, 1.82) is 0 Å². The van der Waals surface area contributed by atoms with Crippen molar-refractivity contribution in [3.63, 3.8) is 0 Å². The Labute approximate surface area is 200 Å². The van der Waals surface area contributed by atoms with Crippen LogP contribution in [0.5, 0.6) is 5.75 Å². The van der Waals surface area contributed by atoms with Gasteiger partial charge in [-0.1, -0.05) is 42.5 Å². The minimum absolute atomic E-state index is 0.193. The third-order valence-corrected chi connectivity index (χ3v) is 6.12. The second-order valence-corrected chi connectivity index (χ2v) is 8.45. The van der Waals surface area contributed by atoms with E-state index in [0.717, 1.165) is 16.9 Å². The number of aliphatic hydroxyl groups is 1. The van der Waals surface area contributed by atoms with Gasteiger partial charge in [-0.15, -0.1) is 0 Å². The molecule has 0 aliphatic carbocycles. The van der Waals surface area contributed by atoms with Gasteiger partial charge < -0.3 is 19.5 Å². The van der Waals surface area contributed by atoms with E-state index in [1.165, 1.54) is 5.48 Å². The SMILES string of the molecule is CCOc1ccc(CCC[C@@H](C(=O)N2CCOC[C@@H]2Cc2ccccc2)[C@H](O)C(=O)NO)cc1. The number of aryl methyl sites for hydroxylation is 1. The van der Waals surface area contributed by atoms with Gasteiger partial charge >= 0.3 is 0 Å². The second kappa shape index (κ2) is 13.1. The maximum absolute atomic E-state index is 13.6. The van der Waals surface area contributed by atoms with Gasteiger partial charge in [0.05, 0.1) is 31.8 Å². The van der Waals surface area contributed by atoms with E-state index in [2.05, 4.69) is 0 Å². The Morgan fingerprint density at radius 1 is 1.15 bits per heavy atom. The zero-order valence-electron chi connectivity index (χ0n) is 19.6. The topological polar surface area (TPSA) is 108 Å². The first kappa shape index (κ1) is 25.7. The highest BCUT2D eigenvalue weighted by Gasteiger charge is 2.38. The Bertz CT molecular complexity index is 905. The Balaban J connectivity index is 1.69. The van der Waals surface area contributed by atoms with E-state index in [0.29, 0.717) is 52.0 Å². The van der Waals surface area contributed by atoms with Gasteiger partial charge in [-0.3, -0.25) is 14.8 Å². The second-order valence-electron chi connectivity index (χ2n) is 8.45. The van der Waals surface area contributed by atoms with Crippen LogP contribution < -0.4 is 10.2 Å². The molecule has 2 amide bonds. The lowest BCUT2D eigenvalue weighted by atomic mass is 9.91. The van der Waals surface area contributed by atoms with Gasteiger partial charge in [-0.2, -0.15) is 0 Å². The number of benzene rings is 2. The lowest BCUT2D eigenvalue weighted by Crippen LogP contribution is -2.54. The molecule has 0 radical (unpaired) electrons. The third-order valence-electron chi connectivity index (χ3n) is 6.12. The van der Waals surface area contributed by atoms with E-state index in [9.17, 15) is 14.7 Å². The molecule has 1 aliphatic heterocycles. The lowest BCUT2D eigenvalue weighted by molar-refractivity contribution is -0.155. The number of rotatable bonds is 11. The summed E-state index contributed by atoms with van der Waals surface area (Å²) < 4.78 is 11.1. The molecule has 2 aromatic rings. The van der Waals surface area contributed by atoms with Crippen LogP contribution in [0.2, 0.25) is 0 Å². The first-order chi connectivity index (χ1) is 16.5. The van der Waals surface area contributed by atoms with Crippen molar-refractivity contribution >= 4 is 11.8 Å². The van der Waals surface area contributed by atoms with Crippen LogP contribution in [0.25, 0.3) is 0 Å². The number of amides is 2. The van der Waals surface area contributed by atoms with E-state index in [1.54, 1.807) is 4.90 Å². The normalized spacial score (nSPS) is 17.6. The van der Waals surface area contributed by atoms with Crippen molar-refractivity contribution in [2.75, 3.05) is 26.4 Å². The van der Waals surface area contributed by atoms with Crippen molar-refractivity contribution in [2.24, 2.45) is 5.92 Å². The molecule has 2 aromatic carbocycles. The van der Waals surface area contributed by atoms with Crippen LogP contribution in [0, 0.1) is 5.92 Å². The number of hydrogen-bond donors (Lipinski definition) is 3. The molecule has 3 atom stereocenters. The highest BCUT2D eigenvalue weighted by molar-refractivity contribution is 5.89. The molecule has 0 saturated carbocycles. The monoisotopic (exact) mass is 470 g/mol. The minimum Gasteiger partial charge on any atom is -0.494 e. The molecular weight excluding hydrogens is 436 g/mol. The fraction of sp³-hybridized carbons (Fsp3) is 0.462. The Morgan fingerprint density at radius 2 is 1.88 bits per heavy atom. The summed E-state index contributed by atoms with van der Waals surface area (Å²) in [5, 5.41) is 19.6. The molecule has 8 heteroatoms. The zero-order chi connectivity index (χ0) is 24.3. The summed E-state index contributed by atoms with van der Waals surface area (Å²) in [6, 6.07) is 17.4. The lowest BCUT2D eigenvalue weighted by Gasteiger charge is -2.38. The number of carbonyl (C=O) groups excluding carboxylic acids is 2. The number of nitrogens with one attached hydrogen (secondary N) is 1. The molecule has 1 saturated heterocycles. The van der Waals surface area contributed by atoms with Crippen LogP contribution in [0.4, 0.5) is 0 Å². The quantitative estimate of drug-likeness (QED) is 0.344. The number of hydroxylamine groups is 1. The predicted octanol–water partition coefficient (Wildman–Crippen LogP) is 2.36. The van der Waals surface area contributed by atoms with Crippen molar-refractivity contribution in [2.45, 2.75) is 44.8 Å². The summed E-state index contributed by atoms with van der Waals surface area (Å²) in [6.07, 6.45) is 0.552. The van der Waals surface area contributed by atoms with Crippen molar-refractivity contribution in [1.82, 2.24) is 10.4 Å². The van der Waals surface area contributed by atoms with E-state index >= 15 is 0 Å². The summed E-state index contributed by atoms with van der Waals surface area (Å²) >= 11 is 0. The molecule has 1 fully saturated rings. The van der Waals surface area contributed by atoms with Crippen molar-refractivity contribution in [3.05, 3.63) is 65.7 Å². The fourth-order valence-electron chi connectivity index (χ4n) is 4.32. The molecule has 0 spiro atoms. The Morgan fingerprint density at radius 3 is 2.56 bits per heavy atom. The zero-order valence-corrected chi connectivity index (χ0v) is 19.6. The molecule has 184 valence electrons. The van der Waals surface area contributed by atoms with Gasteiger partial charge in [0.15, 0.2) is 0 Å². The number of aliphatic hydroxyl groups excluding tert-OH is 1. The molecule has 34 heavy (non-hydrogen) atoms. The first-order valence-corrected chi connectivity index (χ1v) is 11.8. The molecule has 0 unspecified atom stereocenters. The average molecular weight is 471 g/mol. The number of hydrogen-bond acceptors (Lipinski definition) is 6. The van der Waals surface area contributed by atoms with Gasteiger partial charge in [0.25, 0.3) is 5.91 Å². The van der Waals surface area contributed by atoms with Gasteiger partial charge in [-0.25, -0.2) is 5.48 Å². The highest BCUT2D eigenvalue weighted by Crippen LogP contribution is 2.23. The van der Waals surface area contributed by atoms with Crippen LogP contribution >= 0.6 is 0 Å². The van der Waals surface area contributed by atoms with Gasteiger partial charge in [0, 0.05) is 6.54 Å². The predicted molar refractivity (Wildman–Crippen MR) is 126 cm³/mol. The van der Waals surface area contributed by atoms with Crippen LogP contribution in [-0.4, -0.2) is 65.5 Å². The molecule has 8 nitrogen and oxygen atoms in total. The molecule has 1 aliphatic rings. The van der Waals surface area contributed by atoms with Gasteiger partial charge in [0.1, 0.15) is 11.9 Å². The van der Waals surface area contributed by atoms with E-state index in [-0.39, 0.29) is 11.9 Å². The van der Waals surface area contributed by atoms with Crippen LogP contribution in [-0.2, 0) is 27.2 Å². The number of carbonyl (C=O) groups is 2. The summed E-state index contributed by atoms with van der Waals surface area (Å²) in [5.41, 5.74) is 3.64. The summed E-state index contributed by atoms with van der Waals surface area (Å²) in [7, 11) is 0.